The molecule has 3 aromatic rings. The van der Waals surface area contributed by atoms with Gasteiger partial charge in [0.1, 0.15) is 5.69 Å². The number of amides is 2. The summed E-state index contributed by atoms with van der Waals surface area (Å²) in [6.07, 6.45) is -0.622. The van der Waals surface area contributed by atoms with E-state index in [2.05, 4.69) is 15.7 Å². The summed E-state index contributed by atoms with van der Waals surface area (Å²) in [6, 6.07) is 0.832. The molecule has 1 saturated carbocycles. The van der Waals surface area contributed by atoms with Crippen molar-refractivity contribution in [2.45, 2.75) is 102 Å². The average Bonchev–Trinajstić information content (AvgIpc) is 3.71. The molecule has 16 heteroatoms. The largest absolute Gasteiger partial charge is 0.393 e. The quantitative estimate of drug-likeness (QED) is 0.295. The van der Waals surface area contributed by atoms with Crippen LogP contribution in [0.4, 0.5) is 22.0 Å². The molecule has 2 aliphatic heterocycles. The molecule has 11 nitrogen and oxygen atoms in total. The fourth-order valence-electron chi connectivity index (χ4n) is 7.67. The van der Waals surface area contributed by atoms with Gasteiger partial charge in [-0.15, -0.1) is 0 Å². The Labute approximate surface area is 280 Å². The maximum Gasteiger partial charge on any atom is 0.393 e. The Morgan fingerprint density at radius 1 is 1.12 bits per heavy atom. The van der Waals surface area contributed by atoms with Crippen molar-refractivity contribution >= 4 is 17.6 Å². The molecule has 3 fully saturated rings. The molecular weight excluding hydrogens is 651 g/mol. The first kappa shape index (κ1) is 35.1. The summed E-state index contributed by atoms with van der Waals surface area (Å²) in [5.74, 6) is -6.36. The van der Waals surface area contributed by atoms with E-state index in [0.29, 0.717) is 42.5 Å². The minimum Gasteiger partial charge on any atom is -0.381 e. The van der Waals surface area contributed by atoms with Gasteiger partial charge in [0.25, 0.3) is 11.7 Å². The second-order valence-electron chi connectivity index (χ2n) is 14.2. The molecule has 1 aliphatic carbocycles. The maximum absolute atomic E-state index is 14.2. The van der Waals surface area contributed by atoms with Crippen molar-refractivity contribution in [2.75, 3.05) is 19.8 Å². The van der Waals surface area contributed by atoms with Gasteiger partial charge in [-0.05, 0) is 56.9 Å². The van der Waals surface area contributed by atoms with Crippen molar-refractivity contribution in [3.8, 4) is 0 Å². The van der Waals surface area contributed by atoms with Crippen molar-refractivity contribution in [1.82, 2.24) is 40.0 Å². The highest BCUT2D eigenvalue weighted by molar-refractivity contribution is 5.92. The zero-order chi connectivity index (χ0) is 35.1. The third-order valence-corrected chi connectivity index (χ3v) is 10.7. The van der Waals surface area contributed by atoms with E-state index in [0.717, 1.165) is 12.8 Å². The molecule has 3 aromatic heterocycles. The van der Waals surface area contributed by atoms with Crippen LogP contribution in [0.15, 0.2) is 18.5 Å². The molecule has 3 atom stereocenters. The van der Waals surface area contributed by atoms with E-state index in [1.165, 1.54) is 15.4 Å². The first-order valence-electron chi connectivity index (χ1n) is 17.1. The second-order valence-corrected chi connectivity index (χ2v) is 14.2. The van der Waals surface area contributed by atoms with Crippen LogP contribution in [-0.2, 0) is 27.9 Å². The Morgan fingerprint density at radius 3 is 2.51 bits per heavy atom. The van der Waals surface area contributed by atoms with Crippen LogP contribution in [0, 0.1) is 23.7 Å². The van der Waals surface area contributed by atoms with Crippen molar-refractivity contribution < 1.29 is 36.3 Å². The molecule has 0 spiro atoms. The summed E-state index contributed by atoms with van der Waals surface area (Å²) < 4.78 is 78.1. The van der Waals surface area contributed by atoms with Gasteiger partial charge in [-0.2, -0.15) is 23.4 Å². The number of piperidine rings is 1. The van der Waals surface area contributed by atoms with Gasteiger partial charge in [-0.25, -0.2) is 23.3 Å². The fraction of sp³-hybridized carbons (Fsp3) is 0.697. The van der Waals surface area contributed by atoms with Gasteiger partial charge in [0.15, 0.2) is 0 Å². The van der Waals surface area contributed by atoms with Crippen LogP contribution in [0.5, 0.6) is 0 Å². The summed E-state index contributed by atoms with van der Waals surface area (Å²) in [6.45, 7) is 6.98. The number of rotatable bonds is 9. The van der Waals surface area contributed by atoms with E-state index in [-0.39, 0.29) is 56.1 Å². The number of imidazole rings is 1. The lowest BCUT2D eigenvalue weighted by Crippen LogP contribution is -2.47. The van der Waals surface area contributed by atoms with Gasteiger partial charge in [0.2, 0.25) is 11.8 Å². The number of fused-ring (bicyclic) bond motifs is 1. The smallest absolute Gasteiger partial charge is 0.381 e. The molecule has 2 N–H and O–H groups in total. The molecule has 5 heterocycles. The number of nitrogens with zero attached hydrogens (tertiary/aromatic N) is 6. The summed E-state index contributed by atoms with van der Waals surface area (Å²) >= 11 is 0. The monoisotopic (exact) mass is 694 g/mol. The van der Waals surface area contributed by atoms with E-state index >= 15 is 0 Å². The lowest BCUT2D eigenvalue weighted by molar-refractivity contribution is -0.183. The zero-order valence-corrected chi connectivity index (χ0v) is 27.9. The van der Waals surface area contributed by atoms with Crippen LogP contribution < -0.4 is 10.6 Å². The van der Waals surface area contributed by atoms with Crippen LogP contribution in [0.1, 0.15) is 99.3 Å². The fourth-order valence-corrected chi connectivity index (χ4v) is 7.67. The Kier molecular flexibility index (Phi) is 9.72. The summed E-state index contributed by atoms with van der Waals surface area (Å²) in [4.78, 5) is 36.1. The Bertz CT molecular complexity index is 1660. The van der Waals surface area contributed by atoms with E-state index < -0.39 is 53.8 Å². The van der Waals surface area contributed by atoms with Crippen molar-refractivity contribution in [3.63, 3.8) is 0 Å². The van der Waals surface area contributed by atoms with Crippen LogP contribution in [0.3, 0.4) is 0 Å². The van der Waals surface area contributed by atoms with Gasteiger partial charge in [-0.3, -0.25) is 14.3 Å². The van der Waals surface area contributed by atoms with E-state index in [4.69, 9.17) is 19.8 Å². The molecule has 6 rings (SSSR count). The van der Waals surface area contributed by atoms with Crippen LogP contribution in [0.25, 0.3) is 5.78 Å². The van der Waals surface area contributed by atoms with Gasteiger partial charge >= 0.3 is 6.18 Å². The predicted molar refractivity (Wildman–Crippen MR) is 167 cm³/mol. The second kappa shape index (κ2) is 13.6. The minimum atomic E-state index is -4.46. The number of carbonyl (C=O) groups is 2. The van der Waals surface area contributed by atoms with E-state index in [1.807, 2.05) is 20.8 Å². The third kappa shape index (κ3) is 7.43. The number of carbonyl (C=O) groups excluding carboxylic acids is 2. The van der Waals surface area contributed by atoms with Gasteiger partial charge in [-0.1, -0.05) is 13.8 Å². The summed E-state index contributed by atoms with van der Waals surface area (Å²) in [5, 5.41) is 14.4. The van der Waals surface area contributed by atoms with E-state index in [1.54, 1.807) is 12.3 Å². The number of halogens is 5. The average molecular weight is 695 g/mol. The molecule has 0 unspecified atom stereocenters. The molecule has 2 amide bonds. The number of alkyl halides is 5. The zero-order valence-electron chi connectivity index (χ0n) is 27.9. The molecule has 0 bridgehead atoms. The standard InChI is InChI=1S/C33H43F5N8O3/c1-4-45-25(7-12-40-45)29(48)42-26(19-5-10-32(34,35)11-6-19)24-18-46-30(41-24)43-27(31(2,3)21-8-13-49-14-9-21)23(44-46)16-20-15-22(33(36,37)38)17-39-28(20)47/h7,12,18-22,26H,4-6,8-11,13-17H2,1-3H3,(H,39,47)(H,42,48)/t20-,22-,26+/m1/s1. The molecule has 2 saturated heterocycles. The summed E-state index contributed by atoms with van der Waals surface area (Å²) in [5.41, 5.74) is 1.02. The van der Waals surface area contributed by atoms with E-state index in [9.17, 15) is 31.5 Å². The first-order chi connectivity index (χ1) is 23.2. The normalized spacial score (nSPS) is 23.4. The number of hydrogen-bond acceptors (Lipinski definition) is 7. The lowest BCUT2D eigenvalue weighted by Gasteiger charge is -2.37. The van der Waals surface area contributed by atoms with Crippen molar-refractivity contribution in [2.24, 2.45) is 23.7 Å². The van der Waals surface area contributed by atoms with Crippen LogP contribution in [0.2, 0.25) is 0 Å². The lowest BCUT2D eigenvalue weighted by atomic mass is 9.71. The van der Waals surface area contributed by atoms with Crippen LogP contribution >= 0.6 is 0 Å². The Morgan fingerprint density at radius 2 is 1.84 bits per heavy atom. The predicted octanol–water partition coefficient (Wildman–Crippen LogP) is 5.20. The number of nitrogens with one attached hydrogen (secondary N) is 2. The molecule has 49 heavy (non-hydrogen) atoms. The summed E-state index contributed by atoms with van der Waals surface area (Å²) in [7, 11) is 0. The number of ether oxygens (including phenoxy) is 1. The molecule has 268 valence electrons. The first-order valence-corrected chi connectivity index (χ1v) is 17.1. The third-order valence-electron chi connectivity index (χ3n) is 10.7. The number of aryl methyl sites for hydroxylation is 1. The highest BCUT2D eigenvalue weighted by Gasteiger charge is 2.46. The Hall–Kier alpha value is -3.69. The van der Waals surface area contributed by atoms with Gasteiger partial charge in [0, 0.05) is 63.1 Å². The van der Waals surface area contributed by atoms with Gasteiger partial charge < -0.3 is 15.4 Å². The molecule has 0 aromatic carbocycles. The minimum absolute atomic E-state index is 0.0598. The van der Waals surface area contributed by atoms with Crippen molar-refractivity contribution in [3.05, 3.63) is 41.2 Å². The highest BCUT2D eigenvalue weighted by atomic mass is 19.4. The maximum atomic E-state index is 14.2. The number of hydrogen-bond donors (Lipinski definition) is 2. The molecule has 3 aliphatic rings. The Balaban J connectivity index is 1.40. The highest BCUT2D eigenvalue weighted by Crippen LogP contribution is 2.43. The SMILES string of the molecule is CCn1nccc1C(=O)N[C@H](c1cn2nc(C[C@H]3C[C@@H](C(F)(F)F)CNC3=O)c(C(C)(C)C3CCOCC3)nc2n1)C1CCC(F)(F)CC1. The van der Waals surface area contributed by atoms with Crippen molar-refractivity contribution in [1.29, 1.82) is 0 Å². The van der Waals surface area contributed by atoms with Crippen LogP contribution in [-0.4, -0.2) is 73.0 Å². The van der Waals surface area contributed by atoms with Gasteiger partial charge in [0.05, 0.1) is 35.2 Å². The topological polar surface area (TPSA) is 128 Å². The number of aromatic nitrogens is 6. The molecule has 0 radical (unpaired) electrons. The molecular formula is C33H43F5N8O3.